The molecule has 0 radical (unpaired) electrons. The lowest BCUT2D eigenvalue weighted by atomic mass is 10.2. The Morgan fingerprint density at radius 1 is 1.37 bits per heavy atom. The molecule has 1 aromatic carbocycles. The van der Waals surface area contributed by atoms with Crippen LogP contribution >= 0.6 is 24.0 Å². The third kappa shape index (κ3) is 4.49. The number of hydrogen-bond donors (Lipinski definition) is 1. The molecule has 1 N–H and O–H groups in total. The summed E-state index contributed by atoms with van der Waals surface area (Å²) in [6.45, 7) is 2.04. The molecule has 1 fully saturated rings. The molecule has 1 aromatic rings. The first-order chi connectivity index (χ1) is 9.15. The average molecular weight is 296 g/mol. The Balaban J connectivity index is 1.91. The van der Waals surface area contributed by atoms with Gasteiger partial charge in [-0.05, 0) is 5.56 Å². The number of rotatable bonds is 5. The second kappa shape index (κ2) is 6.88. The van der Waals surface area contributed by atoms with Crippen molar-refractivity contribution < 1.29 is 9.90 Å². The van der Waals surface area contributed by atoms with Crippen molar-refractivity contribution in [1.82, 2.24) is 9.80 Å². The summed E-state index contributed by atoms with van der Waals surface area (Å²) in [4.78, 5) is 14.8. The van der Waals surface area contributed by atoms with Crippen molar-refractivity contribution in [2.75, 3.05) is 19.1 Å². The molecule has 2 rings (SSSR count). The Morgan fingerprint density at radius 2 is 2.11 bits per heavy atom. The van der Waals surface area contributed by atoms with E-state index in [1.165, 1.54) is 5.56 Å². The molecule has 1 aliphatic rings. The maximum absolute atomic E-state index is 10.6. The molecule has 0 aromatic heterocycles. The van der Waals surface area contributed by atoms with Crippen LogP contribution < -0.4 is 0 Å². The Hall–Kier alpha value is -1.11. The molecule has 6 heteroatoms. The van der Waals surface area contributed by atoms with Gasteiger partial charge in [0.05, 0.1) is 19.0 Å². The highest BCUT2D eigenvalue weighted by Crippen LogP contribution is 2.20. The van der Waals surface area contributed by atoms with Gasteiger partial charge in [-0.1, -0.05) is 54.3 Å². The van der Waals surface area contributed by atoms with E-state index in [4.69, 9.17) is 17.3 Å². The molecule has 1 aliphatic heterocycles. The lowest BCUT2D eigenvalue weighted by Gasteiger charge is -2.36. The van der Waals surface area contributed by atoms with Crippen molar-refractivity contribution in [2.24, 2.45) is 0 Å². The largest absolute Gasteiger partial charge is 0.481 e. The Labute approximate surface area is 122 Å². The van der Waals surface area contributed by atoms with Gasteiger partial charge in [0.1, 0.15) is 4.32 Å². The zero-order chi connectivity index (χ0) is 13.7. The minimum absolute atomic E-state index is 0.173. The molecule has 0 bridgehead atoms. The van der Waals surface area contributed by atoms with Gasteiger partial charge in [0.2, 0.25) is 0 Å². The Morgan fingerprint density at radius 3 is 2.79 bits per heavy atom. The molecule has 0 spiro atoms. The van der Waals surface area contributed by atoms with Gasteiger partial charge in [-0.3, -0.25) is 9.69 Å². The van der Waals surface area contributed by atoms with Gasteiger partial charge >= 0.3 is 5.97 Å². The monoisotopic (exact) mass is 296 g/mol. The summed E-state index contributed by atoms with van der Waals surface area (Å²) in [5, 5.41) is 8.72. The standard InChI is InChI=1S/C13H16N2O2S2/c16-12(17)6-7-14-9-15(13(18)19-10-14)8-11-4-2-1-3-5-11/h1-5H,6-10H2,(H,16,17). The molecule has 0 saturated carbocycles. The first-order valence-corrected chi connectivity index (χ1v) is 7.44. The first-order valence-electron chi connectivity index (χ1n) is 6.05. The third-order valence-corrected chi connectivity index (χ3v) is 4.47. The van der Waals surface area contributed by atoms with Crippen molar-refractivity contribution in [3.8, 4) is 0 Å². The van der Waals surface area contributed by atoms with Gasteiger partial charge in [-0.25, -0.2) is 0 Å². The predicted octanol–water partition coefficient (Wildman–Crippen LogP) is 2.21. The van der Waals surface area contributed by atoms with Crippen LogP contribution in [0.25, 0.3) is 0 Å². The van der Waals surface area contributed by atoms with Crippen molar-refractivity contribution in [3.63, 3.8) is 0 Å². The zero-order valence-electron chi connectivity index (χ0n) is 10.5. The van der Waals surface area contributed by atoms with Crippen molar-refractivity contribution in [2.45, 2.75) is 13.0 Å². The second-order valence-electron chi connectivity index (χ2n) is 4.40. The molecular formula is C13H16N2O2S2. The minimum atomic E-state index is -0.757. The summed E-state index contributed by atoms with van der Waals surface area (Å²) in [5.74, 6) is 0.0185. The van der Waals surface area contributed by atoms with E-state index >= 15 is 0 Å². The lowest BCUT2D eigenvalue weighted by Crippen LogP contribution is -2.44. The maximum atomic E-state index is 10.6. The van der Waals surface area contributed by atoms with E-state index in [0.717, 1.165) is 16.7 Å². The van der Waals surface area contributed by atoms with Gasteiger partial charge in [0.15, 0.2) is 0 Å². The Kier molecular flexibility index (Phi) is 5.18. The summed E-state index contributed by atoms with van der Waals surface area (Å²) in [5.41, 5.74) is 1.21. The highest BCUT2D eigenvalue weighted by Gasteiger charge is 2.21. The van der Waals surface area contributed by atoms with Crippen LogP contribution in [-0.4, -0.2) is 44.3 Å². The van der Waals surface area contributed by atoms with Gasteiger partial charge in [0, 0.05) is 13.1 Å². The zero-order valence-corrected chi connectivity index (χ0v) is 12.1. The quantitative estimate of drug-likeness (QED) is 0.841. The average Bonchev–Trinajstić information content (AvgIpc) is 2.41. The van der Waals surface area contributed by atoms with E-state index in [1.54, 1.807) is 11.8 Å². The highest BCUT2D eigenvalue weighted by molar-refractivity contribution is 8.22. The molecule has 1 heterocycles. The second-order valence-corrected chi connectivity index (χ2v) is 5.98. The summed E-state index contributed by atoms with van der Waals surface area (Å²) < 4.78 is 0.885. The van der Waals surface area contributed by atoms with E-state index in [2.05, 4.69) is 21.9 Å². The van der Waals surface area contributed by atoms with Crippen LogP contribution in [-0.2, 0) is 11.3 Å². The fraction of sp³-hybridized carbons (Fsp3) is 0.385. The smallest absolute Gasteiger partial charge is 0.304 e. The molecule has 4 nitrogen and oxygen atoms in total. The van der Waals surface area contributed by atoms with Crippen LogP contribution in [0.3, 0.4) is 0 Å². The van der Waals surface area contributed by atoms with Crippen LogP contribution in [0, 0.1) is 0 Å². The molecule has 1 saturated heterocycles. The number of nitrogens with zero attached hydrogens (tertiary/aromatic N) is 2. The van der Waals surface area contributed by atoms with E-state index < -0.39 is 5.97 Å². The number of carboxylic acid groups (broad SMARTS) is 1. The number of benzene rings is 1. The van der Waals surface area contributed by atoms with Crippen LogP contribution in [0.2, 0.25) is 0 Å². The van der Waals surface area contributed by atoms with Gasteiger partial charge in [-0.2, -0.15) is 0 Å². The lowest BCUT2D eigenvalue weighted by molar-refractivity contribution is -0.137. The number of carbonyl (C=O) groups is 1. The molecule has 0 unspecified atom stereocenters. The summed E-state index contributed by atoms with van der Waals surface area (Å²) in [7, 11) is 0. The van der Waals surface area contributed by atoms with Gasteiger partial charge in [0.25, 0.3) is 0 Å². The van der Waals surface area contributed by atoms with Crippen molar-refractivity contribution in [3.05, 3.63) is 35.9 Å². The number of hydrogen-bond acceptors (Lipinski definition) is 4. The van der Waals surface area contributed by atoms with Crippen molar-refractivity contribution >= 4 is 34.3 Å². The number of carboxylic acids is 1. The molecule has 0 amide bonds. The van der Waals surface area contributed by atoms with Gasteiger partial charge < -0.3 is 10.0 Å². The van der Waals surface area contributed by atoms with E-state index in [1.807, 2.05) is 18.2 Å². The van der Waals surface area contributed by atoms with Crippen LogP contribution in [0.1, 0.15) is 12.0 Å². The van der Waals surface area contributed by atoms with E-state index in [-0.39, 0.29) is 6.42 Å². The van der Waals surface area contributed by atoms with Crippen LogP contribution in [0.5, 0.6) is 0 Å². The minimum Gasteiger partial charge on any atom is -0.481 e. The topological polar surface area (TPSA) is 43.8 Å². The summed E-state index contributed by atoms with van der Waals surface area (Å²) in [6.07, 6.45) is 0.173. The molecule has 102 valence electrons. The maximum Gasteiger partial charge on any atom is 0.304 e. The molecular weight excluding hydrogens is 280 g/mol. The third-order valence-electron chi connectivity index (χ3n) is 2.86. The Bertz CT molecular complexity index is 453. The van der Waals surface area contributed by atoms with E-state index in [0.29, 0.717) is 13.2 Å². The fourth-order valence-corrected chi connectivity index (χ4v) is 2.97. The number of aliphatic carboxylic acids is 1. The number of thioether (sulfide) groups is 1. The van der Waals surface area contributed by atoms with Crippen molar-refractivity contribution in [1.29, 1.82) is 0 Å². The fourth-order valence-electron chi connectivity index (χ4n) is 1.89. The summed E-state index contributed by atoms with van der Waals surface area (Å²) in [6, 6.07) is 10.2. The predicted molar refractivity (Wildman–Crippen MR) is 80.9 cm³/mol. The molecule has 0 atom stereocenters. The first kappa shape index (κ1) is 14.3. The molecule has 19 heavy (non-hydrogen) atoms. The number of thiocarbonyl (C=S) groups is 1. The normalized spacial score (nSPS) is 16.6. The van der Waals surface area contributed by atoms with E-state index in [9.17, 15) is 4.79 Å². The highest BCUT2D eigenvalue weighted by atomic mass is 32.2. The van der Waals surface area contributed by atoms with Crippen LogP contribution in [0.4, 0.5) is 0 Å². The van der Waals surface area contributed by atoms with Gasteiger partial charge in [-0.15, -0.1) is 0 Å². The van der Waals surface area contributed by atoms with Crippen LogP contribution in [0.15, 0.2) is 30.3 Å². The summed E-state index contributed by atoms with van der Waals surface area (Å²) >= 11 is 6.96. The SMILES string of the molecule is O=C(O)CCN1CSC(=S)N(Cc2ccccc2)C1. The molecule has 0 aliphatic carbocycles.